The number of nitrogen functional groups attached to an aromatic ring is 1. The van der Waals surface area contributed by atoms with E-state index in [1.165, 1.54) is 0 Å². The zero-order chi connectivity index (χ0) is 12.3. The highest BCUT2D eigenvalue weighted by molar-refractivity contribution is 6.01. The Kier molecular flexibility index (Phi) is 3.65. The van der Waals surface area contributed by atoms with Crippen LogP contribution in [0.15, 0.2) is 12.3 Å². The first-order valence-electron chi connectivity index (χ1n) is 5.34. The van der Waals surface area contributed by atoms with Gasteiger partial charge < -0.3 is 11.5 Å². The number of ketones is 1. The highest BCUT2D eigenvalue weighted by atomic mass is 16.1. The summed E-state index contributed by atoms with van der Waals surface area (Å²) in [7, 11) is 0. The maximum absolute atomic E-state index is 12.0. The van der Waals surface area contributed by atoms with Crippen molar-refractivity contribution < 1.29 is 4.79 Å². The molecular formula is C12H19N3O. The van der Waals surface area contributed by atoms with E-state index in [0.717, 1.165) is 5.56 Å². The van der Waals surface area contributed by atoms with E-state index in [1.807, 2.05) is 20.8 Å². The molecule has 0 radical (unpaired) electrons. The van der Waals surface area contributed by atoms with Gasteiger partial charge in [0.2, 0.25) is 0 Å². The van der Waals surface area contributed by atoms with Gasteiger partial charge in [-0.2, -0.15) is 0 Å². The lowest BCUT2D eigenvalue weighted by molar-refractivity contribution is 0.0972. The van der Waals surface area contributed by atoms with Crippen molar-refractivity contribution in [1.29, 1.82) is 0 Å². The molecule has 0 fully saturated rings. The molecule has 0 spiro atoms. The van der Waals surface area contributed by atoms with Crippen LogP contribution in [-0.4, -0.2) is 16.3 Å². The fraction of sp³-hybridized carbons (Fsp3) is 0.500. The molecule has 16 heavy (non-hydrogen) atoms. The van der Waals surface area contributed by atoms with E-state index < -0.39 is 0 Å². The van der Waals surface area contributed by atoms with Crippen molar-refractivity contribution in [2.45, 2.75) is 39.2 Å². The first-order valence-corrected chi connectivity index (χ1v) is 5.34. The third-order valence-corrected chi connectivity index (χ3v) is 2.46. The number of anilines is 1. The van der Waals surface area contributed by atoms with Crippen LogP contribution in [0.2, 0.25) is 0 Å². The summed E-state index contributed by atoms with van der Waals surface area (Å²) in [5, 5.41) is 0. The third-order valence-electron chi connectivity index (χ3n) is 2.46. The molecule has 0 aliphatic rings. The van der Waals surface area contributed by atoms with Gasteiger partial charge in [-0.1, -0.05) is 0 Å². The van der Waals surface area contributed by atoms with Crippen LogP contribution in [0.3, 0.4) is 0 Å². The Labute approximate surface area is 96.0 Å². The molecule has 4 nitrogen and oxygen atoms in total. The molecule has 0 saturated carbocycles. The first-order chi connectivity index (χ1) is 7.31. The average Bonchev–Trinajstić information content (AvgIpc) is 2.13. The minimum Gasteiger partial charge on any atom is -0.383 e. The van der Waals surface area contributed by atoms with Gasteiger partial charge in [-0.25, -0.2) is 4.98 Å². The van der Waals surface area contributed by atoms with Crippen LogP contribution < -0.4 is 11.5 Å². The monoisotopic (exact) mass is 221 g/mol. The molecule has 0 aromatic carbocycles. The fourth-order valence-electron chi connectivity index (χ4n) is 1.50. The van der Waals surface area contributed by atoms with Gasteiger partial charge in [0.1, 0.15) is 5.82 Å². The van der Waals surface area contributed by atoms with Crippen molar-refractivity contribution in [3.8, 4) is 0 Å². The second kappa shape index (κ2) is 4.61. The topological polar surface area (TPSA) is 82.0 Å². The Balaban J connectivity index is 2.81. The Hall–Kier alpha value is -1.42. The SMILES string of the molecule is Cc1ccnc(N)c1C(=O)CCC(C)(C)N. The molecule has 4 N–H and O–H groups in total. The van der Waals surface area contributed by atoms with Gasteiger partial charge in [-0.15, -0.1) is 0 Å². The van der Waals surface area contributed by atoms with Crippen molar-refractivity contribution in [1.82, 2.24) is 4.98 Å². The Morgan fingerprint density at radius 1 is 1.50 bits per heavy atom. The van der Waals surface area contributed by atoms with E-state index in [9.17, 15) is 4.79 Å². The van der Waals surface area contributed by atoms with Crippen LogP contribution in [0.25, 0.3) is 0 Å². The second-order valence-corrected chi connectivity index (χ2v) is 4.80. The minimum absolute atomic E-state index is 0.0154. The number of pyridine rings is 1. The predicted octanol–water partition coefficient (Wildman–Crippen LogP) is 1.67. The normalized spacial score (nSPS) is 11.5. The summed E-state index contributed by atoms with van der Waals surface area (Å²) < 4.78 is 0. The molecule has 0 bridgehead atoms. The number of carbonyl (C=O) groups is 1. The maximum atomic E-state index is 12.0. The van der Waals surface area contributed by atoms with E-state index in [1.54, 1.807) is 12.3 Å². The number of nitrogens with zero attached hydrogens (tertiary/aromatic N) is 1. The lowest BCUT2D eigenvalue weighted by Crippen LogP contribution is -2.32. The molecule has 0 saturated heterocycles. The van der Waals surface area contributed by atoms with E-state index in [2.05, 4.69) is 4.98 Å². The summed E-state index contributed by atoms with van der Waals surface area (Å²) in [6.07, 6.45) is 2.65. The van der Waals surface area contributed by atoms with E-state index in [0.29, 0.717) is 24.2 Å². The van der Waals surface area contributed by atoms with Crippen LogP contribution in [-0.2, 0) is 0 Å². The van der Waals surface area contributed by atoms with Crippen LogP contribution in [0, 0.1) is 6.92 Å². The molecule has 1 rings (SSSR count). The summed E-state index contributed by atoms with van der Waals surface area (Å²) >= 11 is 0. The number of hydrogen-bond acceptors (Lipinski definition) is 4. The van der Waals surface area contributed by atoms with E-state index in [4.69, 9.17) is 11.5 Å². The third kappa shape index (κ3) is 3.31. The van der Waals surface area contributed by atoms with Gasteiger partial charge >= 0.3 is 0 Å². The van der Waals surface area contributed by atoms with Gasteiger partial charge in [-0.05, 0) is 38.8 Å². The molecule has 0 atom stereocenters. The van der Waals surface area contributed by atoms with Crippen LogP contribution >= 0.6 is 0 Å². The van der Waals surface area contributed by atoms with Gasteiger partial charge in [0.25, 0.3) is 0 Å². The van der Waals surface area contributed by atoms with Crippen LogP contribution in [0.4, 0.5) is 5.82 Å². The van der Waals surface area contributed by atoms with Crippen LogP contribution in [0.1, 0.15) is 42.6 Å². The lowest BCUT2D eigenvalue weighted by atomic mass is 9.95. The highest BCUT2D eigenvalue weighted by Crippen LogP contribution is 2.18. The van der Waals surface area contributed by atoms with E-state index >= 15 is 0 Å². The minimum atomic E-state index is -0.333. The number of nitrogens with two attached hydrogens (primary N) is 2. The first kappa shape index (κ1) is 12.6. The summed E-state index contributed by atoms with van der Waals surface area (Å²) in [5.74, 6) is 0.321. The molecule has 1 aromatic rings. The largest absolute Gasteiger partial charge is 0.383 e. The Morgan fingerprint density at radius 3 is 2.62 bits per heavy atom. The predicted molar refractivity (Wildman–Crippen MR) is 65.2 cm³/mol. The number of aromatic nitrogens is 1. The summed E-state index contributed by atoms with van der Waals surface area (Å²) in [6.45, 7) is 5.67. The zero-order valence-corrected chi connectivity index (χ0v) is 10.1. The summed E-state index contributed by atoms with van der Waals surface area (Å²) in [6, 6.07) is 1.79. The molecule has 88 valence electrons. The molecule has 0 aliphatic carbocycles. The number of rotatable bonds is 4. The molecular weight excluding hydrogens is 202 g/mol. The summed E-state index contributed by atoms with van der Waals surface area (Å²) in [4.78, 5) is 15.9. The second-order valence-electron chi connectivity index (χ2n) is 4.80. The van der Waals surface area contributed by atoms with Crippen molar-refractivity contribution in [2.24, 2.45) is 5.73 Å². The maximum Gasteiger partial charge on any atom is 0.166 e. The average molecular weight is 221 g/mol. The lowest BCUT2D eigenvalue weighted by Gasteiger charge is -2.17. The van der Waals surface area contributed by atoms with E-state index in [-0.39, 0.29) is 11.3 Å². The number of Topliss-reactive ketones (excluding diaryl/α,β-unsaturated/α-hetero) is 1. The Morgan fingerprint density at radius 2 is 2.12 bits per heavy atom. The smallest absolute Gasteiger partial charge is 0.166 e. The van der Waals surface area contributed by atoms with Crippen molar-refractivity contribution in [3.05, 3.63) is 23.4 Å². The van der Waals surface area contributed by atoms with Crippen molar-refractivity contribution in [2.75, 3.05) is 5.73 Å². The van der Waals surface area contributed by atoms with Crippen molar-refractivity contribution in [3.63, 3.8) is 0 Å². The van der Waals surface area contributed by atoms with Gasteiger partial charge in [0.05, 0.1) is 5.56 Å². The standard InChI is InChI=1S/C12H19N3O/c1-8-5-7-15-11(13)10(8)9(16)4-6-12(2,3)14/h5,7H,4,6,14H2,1-3H3,(H2,13,15). The molecule has 1 aromatic heterocycles. The van der Waals surface area contributed by atoms with Crippen LogP contribution in [0.5, 0.6) is 0 Å². The van der Waals surface area contributed by atoms with Crippen molar-refractivity contribution >= 4 is 11.6 Å². The number of aryl methyl sites for hydroxylation is 1. The van der Waals surface area contributed by atoms with Gasteiger partial charge in [-0.3, -0.25) is 4.79 Å². The molecule has 4 heteroatoms. The highest BCUT2D eigenvalue weighted by Gasteiger charge is 2.17. The summed E-state index contributed by atoms with van der Waals surface area (Å²) in [5.41, 5.74) is 12.6. The Bertz CT molecular complexity index is 373. The van der Waals surface area contributed by atoms with Gasteiger partial charge in [0, 0.05) is 18.2 Å². The van der Waals surface area contributed by atoms with Gasteiger partial charge in [0.15, 0.2) is 5.78 Å². The molecule has 0 aliphatic heterocycles. The zero-order valence-electron chi connectivity index (χ0n) is 10.1. The molecule has 1 heterocycles. The quantitative estimate of drug-likeness (QED) is 0.758. The fourth-order valence-corrected chi connectivity index (χ4v) is 1.50. The molecule has 0 unspecified atom stereocenters. The molecule has 0 amide bonds. The number of carbonyl (C=O) groups excluding carboxylic acids is 1. The number of hydrogen-bond donors (Lipinski definition) is 2.